The molecule has 4 heteroatoms. The minimum Gasteiger partial charge on any atom is -0.459 e. The molecular weight excluding hydrogens is 184 g/mol. The highest BCUT2D eigenvalue weighted by Crippen LogP contribution is 1.98. The highest BCUT2D eigenvalue weighted by Gasteiger charge is 2.03. The van der Waals surface area contributed by atoms with Gasteiger partial charge in [0.15, 0.2) is 0 Å². The number of carbonyl (C=O) groups is 2. The largest absolute Gasteiger partial charge is 0.459 e. The lowest BCUT2D eigenvalue weighted by atomic mass is 10.3. The van der Waals surface area contributed by atoms with Crippen molar-refractivity contribution in [2.24, 2.45) is 0 Å². The fraction of sp³-hybridized carbons (Fsp3) is 0.600. The minimum absolute atomic E-state index is 0.300. The van der Waals surface area contributed by atoms with Crippen LogP contribution >= 0.6 is 0 Å². The van der Waals surface area contributed by atoms with E-state index in [1.54, 1.807) is 26.0 Å². The Bertz CT molecular complexity index is 208. The SMILES string of the molecule is CC(=O)O[C@H](C)/C=C/[C@H](C)OC(C)=O. The van der Waals surface area contributed by atoms with Crippen molar-refractivity contribution in [2.75, 3.05) is 0 Å². The van der Waals surface area contributed by atoms with Gasteiger partial charge < -0.3 is 9.47 Å². The first kappa shape index (κ1) is 12.7. The normalized spacial score (nSPS) is 14.9. The molecule has 0 aromatic rings. The lowest BCUT2D eigenvalue weighted by Gasteiger charge is -2.09. The van der Waals surface area contributed by atoms with Crippen molar-refractivity contribution in [1.82, 2.24) is 0 Å². The summed E-state index contributed by atoms with van der Waals surface area (Å²) in [6.07, 6.45) is 2.75. The average Bonchev–Trinajstić information content (AvgIpc) is 1.98. The van der Waals surface area contributed by atoms with Gasteiger partial charge in [-0.05, 0) is 26.0 Å². The first-order chi connectivity index (χ1) is 6.41. The maximum Gasteiger partial charge on any atom is 0.303 e. The zero-order chi connectivity index (χ0) is 11.1. The molecule has 0 bridgehead atoms. The molecule has 0 saturated heterocycles. The lowest BCUT2D eigenvalue weighted by Crippen LogP contribution is -2.12. The van der Waals surface area contributed by atoms with Crippen LogP contribution in [-0.4, -0.2) is 24.1 Å². The molecule has 0 aliphatic heterocycles. The van der Waals surface area contributed by atoms with Crippen LogP contribution in [0.4, 0.5) is 0 Å². The molecule has 0 amide bonds. The van der Waals surface area contributed by atoms with E-state index in [1.807, 2.05) is 0 Å². The van der Waals surface area contributed by atoms with E-state index >= 15 is 0 Å². The second-order valence-electron chi connectivity index (χ2n) is 3.01. The molecule has 0 N–H and O–H groups in total. The van der Waals surface area contributed by atoms with Crippen LogP contribution < -0.4 is 0 Å². The molecule has 80 valence electrons. The van der Waals surface area contributed by atoms with Gasteiger partial charge in [-0.2, -0.15) is 0 Å². The van der Waals surface area contributed by atoms with Crippen LogP contribution in [0.5, 0.6) is 0 Å². The third-order valence-corrected chi connectivity index (χ3v) is 1.36. The van der Waals surface area contributed by atoms with Gasteiger partial charge >= 0.3 is 11.9 Å². The summed E-state index contributed by atoms with van der Waals surface area (Å²) in [7, 11) is 0. The fourth-order valence-electron chi connectivity index (χ4n) is 0.915. The van der Waals surface area contributed by atoms with Crippen molar-refractivity contribution in [3.05, 3.63) is 12.2 Å². The molecule has 0 spiro atoms. The maximum atomic E-state index is 10.5. The number of ether oxygens (including phenoxy) is 2. The van der Waals surface area contributed by atoms with Gasteiger partial charge in [-0.1, -0.05) is 0 Å². The molecule has 0 rings (SSSR count). The van der Waals surface area contributed by atoms with Crippen LogP contribution in [0.3, 0.4) is 0 Å². The van der Waals surface area contributed by atoms with E-state index in [4.69, 9.17) is 9.47 Å². The molecule has 14 heavy (non-hydrogen) atoms. The van der Waals surface area contributed by atoms with Crippen LogP contribution in [0, 0.1) is 0 Å². The number of rotatable bonds is 4. The molecule has 0 aliphatic rings. The monoisotopic (exact) mass is 200 g/mol. The Labute approximate surface area is 83.9 Å². The molecule has 0 aromatic heterocycles. The summed E-state index contributed by atoms with van der Waals surface area (Å²) in [6.45, 7) is 6.16. The van der Waals surface area contributed by atoms with Crippen LogP contribution in [-0.2, 0) is 19.1 Å². The molecule has 0 aromatic carbocycles. The molecule has 0 radical (unpaired) electrons. The standard InChI is InChI=1S/C10H16O4/c1-7(13-9(3)11)5-6-8(2)14-10(4)12/h5-8H,1-4H3/b6-5+/t7-,8+. The van der Waals surface area contributed by atoms with Gasteiger partial charge in [0.2, 0.25) is 0 Å². The first-order valence-corrected chi connectivity index (χ1v) is 4.44. The van der Waals surface area contributed by atoms with Crippen molar-refractivity contribution >= 4 is 11.9 Å². The second-order valence-corrected chi connectivity index (χ2v) is 3.01. The number of hydrogen-bond acceptors (Lipinski definition) is 4. The van der Waals surface area contributed by atoms with Crippen LogP contribution in [0.2, 0.25) is 0 Å². The molecule has 2 atom stereocenters. The Hall–Kier alpha value is -1.32. The Balaban J connectivity index is 3.90. The van der Waals surface area contributed by atoms with Gasteiger partial charge in [0.25, 0.3) is 0 Å². The molecule has 0 fully saturated rings. The van der Waals surface area contributed by atoms with Gasteiger partial charge in [-0.15, -0.1) is 0 Å². The van der Waals surface area contributed by atoms with Gasteiger partial charge in [-0.25, -0.2) is 0 Å². The van der Waals surface area contributed by atoms with Crippen molar-refractivity contribution in [3.8, 4) is 0 Å². The summed E-state index contributed by atoms with van der Waals surface area (Å²) in [5.41, 5.74) is 0. The van der Waals surface area contributed by atoms with Crippen molar-refractivity contribution in [2.45, 2.75) is 39.9 Å². The minimum atomic E-state index is -0.331. The molecular formula is C10H16O4. The Morgan fingerprint density at radius 3 is 1.43 bits per heavy atom. The summed E-state index contributed by atoms with van der Waals surface area (Å²) in [5.74, 6) is -0.662. The van der Waals surface area contributed by atoms with Crippen molar-refractivity contribution in [3.63, 3.8) is 0 Å². The zero-order valence-corrected chi connectivity index (χ0v) is 8.94. The molecule has 0 heterocycles. The lowest BCUT2D eigenvalue weighted by molar-refractivity contribution is -0.145. The molecule has 0 saturated carbocycles. The quantitative estimate of drug-likeness (QED) is 0.509. The van der Waals surface area contributed by atoms with E-state index in [9.17, 15) is 9.59 Å². The smallest absolute Gasteiger partial charge is 0.303 e. The predicted octanol–water partition coefficient (Wildman–Crippen LogP) is 1.45. The highest BCUT2D eigenvalue weighted by atomic mass is 16.5. The van der Waals surface area contributed by atoms with Gasteiger partial charge in [0, 0.05) is 13.8 Å². The zero-order valence-electron chi connectivity index (χ0n) is 8.94. The van der Waals surface area contributed by atoms with E-state index in [0.717, 1.165) is 0 Å². The van der Waals surface area contributed by atoms with E-state index in [2.05, 4.69) is 0 Å². The Morgan fingerprint density at radius 1 is 0.929 bits per heavy atom. The van der Waals surface area contributed by atoms with Gasteiger partial charge in [-0.3, -0.25) is 9.59 Å². The number of hydrogen-bond donors (Lipinski definition) is 0. The van der Waals surface area contributed by atoms with Gasteiger partial charge in [0.1, 0.15) is 12.2 Å². The maximum absolute atomic E-state index is 10.5. The number of esters is 2. The third-order valence-electron chi connectivity index (χ3n) is 1.36. The molecule has 4 nitrogen and oxygen atoms in total. The van der Waals surface area contributed by atoms with E-state index < -0.39 is 0 Å². The van der Waals surface area contributed by atoms with Crippen LogP contribution in [0.1, 0.15) is 27.7 Å². The molecule has 0 unspecified atom stereocenters. The highest BCUT2D eigenvalue weighted by molar-refractivity contribution is 5.66. The Morgan fingerprint density at radius 2 is 1.21 bits per heavy atom. The summed E-state index contributed by atoms with van der Waals surface area (Å²) in [6, 6.07) is 0. The summed E-state index contributed by atoms with van der Waals surface area (Å²) in [4.78, 5) is 21.1. The predicted molar refractivity (Wildman–Crippen MR) is 51.6 cm³/mol. The topological polar surface area (TPSA) is 52.6 Å². The fourth-order valence-corrected chi connectivity index (χ4v) is 0.915. The molecule has 0 aliphatic carbocycles. The van der Waals surface area contributed by atoms with Crippen LogP contribution in [0.25, 0.3) is 0 Å². The summed E-state index contributed by atoms with van der Waals surface area (Å²) >= 11 is 0. The van der Waals surface area contributed by atoms with E-state index in [-0.39, 0.29) is 24.1 Å². The second kappa shape index (κ2) is 6.18. The van der Waals surface area contributed by atoms with E-state index in [0.29, 0.717) is 0 Å². The third kappa shape index (κ3) is 7.34. The first-order valence-electron chi connectivity index (χ1n) is 4.44. The summed E-state index contributed by atoms with van der Waals surface area (Å²) < 4.78 is 9.68. The van der Waals surface area contributed by atoms with Crippen molar-refractivity contribution < 1.29 is 19.1 Å². The van der Waals surface area contributed by atoms with Crippen LogP contribution in [0.15, 0.2) is 12.2 Å². The average molecular weight is 200 g/mol. The summed E-state index contributed by atoms with van der Waals surface area (Å²) in [5, 5.41) is 0. The van der Waals surface area contributed by atoms with E-state index in [1.165, 1.54) is 13.8 Å². The van der Waals surface area contributed by atoms with Crippen molar-refractivity contribution in [1.29, 1.82) is 0 Å². The Kier molecular flexibility index (Phi) is 5.60. The number of carbonyl (C=O) groups excluding carboxylic acids is 2. The van der Waals surface area contributed by atoms with Gasteiger partial charge in [0.05, 0.1) is 0 Å².